The average Bonchev–Trinajstić information content (AvgIpc) is 2.43. The molecule has 0 heterocycles. The van der Waals surface area contributed by atoms with Gasteiger partial charge in [-0.3, -0.25) is 4.79 Å². The van der Waals surface area contributed by atoms with Gasteiger partial charge in [-0.25, -0.2) is 0 Å². The molecule has 1 amide bonds. The SMILES string of the molecule is Cc1ccccc1CC(=O)N(C)c1cc(Cl)ccc1N. The molecule has 2 N–H and O–H groups in total. The molecule has 20 heavy (non-hydrogen) atoms. The van der Waals surface area contributed by atoms with Gasteiger partial charge in [-0.05, 0) is 36.2 Å². The fourth-order valence-corrected chi connectivity index (χ4v) is 2.20. The van der Waals surface area contributed by atoms with Crippen molar-refractivity contribution in [3.8, 4) is 0 Å². The number of hydrogen-bond acceptors (Lipinski definition) is 2. The van der Waals surface area contributed by atoms with Gasteiger partial charge < -0.3 is 10.6 Å². The second kappa shape index (κ2) is 5.97. The van der Waals surface area contributed by atoms with E-state index in [-0.39, 0.29) is 5.91 Å². The molecule has 0 aliphatic rings. The van der Waals surface area contributed by atoms with E-state index >= 15 is 0 Å². The largest absolute Gasteiger partial charge is 0.397 e. The van der Waals surface area contributed by atoms with Gasteiger partial charge in [0, 0.05) is 12.1 Å². The monoisotopic (exact) mass is 288 g/mol. The zero-order valence-electron chi connectivity index (χ0n) is 11.6. The highest BCUT2D eigenvalue weighted by Crippen LogP contribution is 2.26. The first-order valence-corrected chi connectivity index (χ1v) is 6.73. The van der Waals surface area contributed by atoms with Crippen molar-refractivity contribution in [1.82, 2.24) is 0 Å². The van der Waals surface area contributed by atoms with Gasteiger partial charge in [0.2, 0.25) is 5.91 Å². The highest BCUT2D eigenvalue weighted by molar-refractivity contribution is 6.31. The normalized spacial score (nSPS) is 10.3. The Balaban J connectivity index is 2.21. The first-order valence-electron chi connectivity index (χ1n) is 6.35. The Bertz CT molecular complexity index is 640. The Morgan fingerprint density at radius 3 is 2.65 bits per heavy atom. The number of nitrogen functional groups attached to an aromatic ring is 1. The Kier molecular flexibility index (Phi) is 4.30. The molecular formula is C16H17ClN2O. The highest BCUT2D eigenvalue weighted by Gasteiger charge is 2.15. The summed E-state index contributed by atoms with van der Waals surface area (Å²) in [4.78, 5) is 13.9. The fourth-order valence-electron chi connectivity index (χ4n) is 2.03. The summed E-state index contributed by atoms with van der Waals surface area (Å²) in [5, 5.41) is 0.560. The number of benzene rings is 2. The maximum atomic E-state index is 12.4. The van der Waals surface area contributed by atoms with Crippen molar-refractivity contribution in [2.24, 2.45) is 0 Å². The molecule has 0 saturated carbocycles. The van der Waals surface area contributed by atoms with Crippen LogP contribution in [0.5, 0.6) is 0 Å². The van der Waals surface area contributed by atoms with Crippen LogP contribution in [0, 0.1) is 6.92 Å². The molecule has 0 unspecified atom stereocenters. The lowest BCUT2D eigenvalue weighted by Crippen LogP contribution is -2.28. The average molecular weight is 289 g/mol. The van der Waals surface area contributed by atoms with E-state index in [1.165, 1.54) is 0 Å². The lowest BCUT2D eigenvalue weighted by molar-refractivity contribution is -0.117. The minimum atomic E-state index is -0.0201. The van der Waals surface area contributed by atoms with E-state index in [1.807, 2.05) is 31.2 Å². The third kappa shape index (κ3) is 3.11. The molecule has 0 spiro atoms. The van der Waals surface area contributed by atoms with Gasteiger partial charge in [0.1, 0.15) is 0 Å². The lowest BCUT2D eigenvalue weighted by atomic mass is 10.1. The number of aryl methyl sites for hydroxylation is 1. The van der Waals surface area contributed by atoms with Gasteiger partial charge in [0.25, 0.3) is 0 Å². The Labute approximate surface area is 124 Å². The summed E-state index contributed by atoms with van der Waals surface area (Å²) in [7, 11) is 1.71. The summed E-state index contributed by atoms with van der Waals surface area (Å²) in [5.74, 6) is -0.0201. The number of carbonyl (C=O) groups is 1. The topological polar surface area (TPSA) is 46.3 Å². The van der Waals surface area contributed by atoms with Crippen LogP contribution in [-0.2, 0) is 11.2 Å². The number of rotatable bonds is 3. The van der Waals surface area contributed by atoms with Gasteiger partial charge in [-0.2, -0.15) is 0 Å². The Morgan fingerprint density at radius 1 is 1.25 bits per heavy atom. The zero-order valence-corrected chi connectivity index (χ0v) is 12.3. The van der Waals surface area contributed by atoms with Crippen molar-refractivity contribution in [2.75, 3.05) is 17.7 Å². The van der Waals surface area contributed by atoms with Crippen LogP contribution in [0.3, 0.4) is 0 Å². The molecule has 0 bridgehead atoms. The summed E-state index contributed by atoms with van der Waals surface area (Å²) in [5.41, 5.74) is 9.19. The molecule has 4 heteroatoms. The molecule has 0 aromatic heterocycles. The summed E-state index contributed by atoms with van der Waals surface area (Å²) < 4.78 is 0. The summed E-state index contributed by atoms with van der Waals surface area (Å²) in [6.07, 6.45) is 0.342. The fraction of sp³-hybridized carbons (Fsp3) is 0.188. The molecular weight excluding hydrogens is 272 g/mol. The van der Waals surface area contributed by atoms with E-state index in [0.29, 0.717) is 22.8 Å². The standard InChI is InChI=1S/C16H17ClN2O/c1-11-5-3-4-6-12(11)9-16(20)19(2)15-10-13(17)7-8-14(15)18/h3-8,10H,9,18H2,1-2H3. The highest BCUT2D eigenvalue weighted by atomic mass is 35.5. The van der Waals surface area contributed by atoms with Crippen molar-refractivity contribution < 1.29 is 4.79 Å². The minimum Gasteiger partial charge on any atom is -0.397 e. The summed E-state index contributed by atoms with van der Waals surface area (Å²) in [6.45, 7) is 2.00. The molecule has 104 valence electrons. The summed E-state index contributed by atoms with van der Waals surface area (Å²) >= 11 is 5.96. The molecule has 2 rings (SSSR count). The number of hydrogen-bond donors (Lipinski definition) is 1. The zero-order chi connectivity index (χ0) is 14.7. The summed E-state index contributed by atoms with van der Waals surface area (Å²) in [6, 6.07) is 13.0. The van der Waals surface area contributed by atoms with Gasteiger partial charge in [0.05, 0.1) is 17.8 Å². The number of amides is 1. The van der Waals surface area contributed by atoms with Crippen molar-refractivity contribution in [3.63, 3.8) is 0 Å². The van der Waals surface area contributed by atoms with Gasteiger partial charge >= 0.3 is 0 Å². The number of halogens is 1. The molecule has 2 aromatic carbocycles. The second-order valence-electron chi connectivity index (χ2n) is 4.76. The predicted octanol–water partition coefficient (Wildman–Crippen LogP) is 3.44. The predicted molar refractivity (Wildman–Crippen MR) is 84.2 cm³/mol. The molecule has 0 aliphatic heterocycles. The number of nitrogens with zero attached hydrogens (tertiary/aromatic N) is 1. The van der Waals surface area contributed by atoms with Crippen LogP contribution >= 0.6 is 11.6 Å². The molecule has 0 fully saturated rings. The Morgan fingerprint density at radius 2 is 1.95 bits per heavy atom. The van der Waals surface area contributed by atoms with Crippen LogP contribution in [0.2, 0.25) is 5.02 Å². The molecule has 2 aromatic rings. The van der Waals surface area contributed by atoms with Crippen molar-refractivity contribution in [2.45, 2.75) is 13.3 Å². The smallest absolute Gasteiger partial charge is 0.231 e. The molecule has 0 atom stereocenters. The molecule has 0 radical (unpaired) electrons. The second-order valence-corrected chi connectivity index (χ2v) is 5.20. The maximum Gasteiger partial charge on any atom is 0.231 e. The number of likely N-dealkylation sites (N-methyl/N-ethyl adjacent to an activating group) is 1. The van der Waals surface area contributed by atoms with E-state index < -0.39 is 0 Å². The number of nitrogens with two attached hydrogens (primary N) is 1. The lowest BCUT2D eigenvalue weighted by Gasteiger charge is -2.20. The molecule has 0 saturated heterocycles. The first-order chi connectivity index (χ1) is 9.49. The van der Waals surface area contributed by atoms with Crippen molar-refractivity contribution in [1.29, 1.82) is 0 Å². The van der Waals surface area contributed by atoms with E-state index in [0.717, 1.165) is 11.1 Å². The van der Waals surface area contributed by atoms with E-state index in [4.69, 9.17) is 17.3 Å². The van der Waals surface area contributed by atoms with Crippen LogP contribution < -0.4 is 10.6 Å². The van der Waals surface area contributed by atoms with Crippen LogP contribution in [0.1, 0.15) is 11.1 Å². The van der Waals surface area contributed by atoms with Crippen LogP contribution in [0.4, 0.5) is 11.4 Å². The molecule has 3 nitrogen and oxygen atoms in total. The number of carbonyl (C=O) groups excluding carboxylic acids is 1. The number of anilines is 2. The van der Waals surface area contributed by atoms with Gasteiger partial charge in [-0.1, -0.05) is 35.9 Å². The van der Waals surface area contributed by atoms with Crippen LogP contribution in [0.15, 0.2) is 42.5 Å². The first kappa shape index (κ1) is 14.4. The van der Waals surface area contributed by atoms with Crippen LogP contribution in [0.25, 0.3) is 0 Å². The third-order valence-electron chi connectivity index (χ3n) is 3.33. The van der Waals surface area contributed by atoms with Gasteiger partial charge in [0.15, 0.2) is 0 Å². The molecule has 0 aliphatic carbocycles. The minimum absolute atomic E-state index is 0.0201. The maximum absolute atomic E-state index is 12.4. The van der Waals surface area contributed by atoms with Crippen molar-refractivity contribution in [3.05, 3.63) is 58.6 Å². The quantitative estimate of drug-likeness (QED) is 0.880. The van der Waals surface area contributed by atoms with Gasteiger partial charge in [-0.15, -0.1) is 0 Å². The Hall–Kier alpha value is -2.00. The van der Waals surface area contributed by atoms with Crippen molar-refractivity contribution >= 4 is 28.9 Å². The van der Waals surface area contributed by atoms with E-state index in [1.54, 1.807) is 30.1 Å². The third-order valence-corrected chi connectivity index (χ3v) is 3.57. The van der Waals surface area contributed by atoms with Crippen LogP contribution in [-0.4, -0.2) is 13.0 Å². The van der Waals surface area contributed by atoms with E-state index in [2.05, 4.69) is 0 Å². The van der Waals surface area contributed by atoms with E-state index in [9.17, 15) is 4.79 Å².